The van der Waals surface area contributed by atoms with Crippen molar-refractivity contribution in [3.63, 3.8) is 0 Å². The SMILES string of the molecule is CCOc1ccc(NC(=O)CC(=O)NN=Cc2ccc(OCc3ccc([N+](=O)[O-])cc3)cc2)cc1. The van der Waals surface area contributed by atoms with E-state index in [1.807, 2.05) is 6.92 Å². The summed E-state index contributed by atoms with van der Waals surface area (Å²) in [6.07, 6.45) is 1.07. The van der Waals surface area contributed by atoms with Crippen molar-refractivity contribution in [1.29, 1.82) is 0 Å². The van der Waals surface area contributed by atoms with Crippen LogP contribution in [-0.4, -0.2) is 29.6 Å². The number of nitro groups is 1. The second-order valence-corrected chi connectivity index (χ2v) is 7.26. The molecule has 3 aromatic carbocycles. The van der Waals surface area contributed by atoms with E-state index in [-0.39, 0.29) is 18.7 Å². The number of benzene rings is 3. The molecule has 0 bridgehead atoms. The maximum atomic E-state index is 12.0. The van der Waals surface area contributed by atoms with Gasteiger partial charge in [0.25, 0.3) is 5.69 Å². The molecule has 0 aliphatic rings. The first-order valence-corrected chi connectivity index (χ1v) is 10.7. The van der Waals surface area contributed by atoms with Gasteiger partial charge >= 0.3 is 0 Å². The number of amides is 2. The Hall–Kier alpha value is -4.73. The number of hydrogen-bond acceptors (Lipinski definition) is 7. The monoisotopic (exact) mass is 476 g/mol. The summed E-state index contributed by atoms with van der Waals surface area (Å²) in [5.41, 5.74) is 4.42. The molecule has 10 nitrogen and oxygen atoms in total. The topological polar surface area (TPSA) is 132 Å². The van der Waals surface area contributed by atoms with Gasteiger partial charge in [-0.2, -0.15) is 5.10 Å². The largest absolute Gasteiger partial charge is 0.494 e. The molecule has 0 fully saturated rings. The summed E-state index contributed by atoms with van der Waals surface area (Å²) in [5, 5.41) is 17.2. The van der Waals surface area contributed by atoms with E-state index in [1.165, 1.54) is 18.3 Å². The molecule has 10 heteroatoms. The van der Waals surface area contributed by atoms with Crippen LogP contribution in [0.25, 0.3) is 0 Å². The molecule has 2 amide bonds. The molecule has 0 aromatic heterocycles. The number of rotatable bonds is 11. The fraction of sp³-hybridized carbons (Fsp3) is 0.160. The van der Waals surface area contributed by atoms with Crippen LogP contribution in [0, 0.1) is 10.1 Å². The number of carbonyl (C=O) groups is 2. The Morgan fingerprint density at radius 3 is 2.17 bits per heavy atom. The van der Waals surface area contributed by atoms with Crippen molar-refractivity contribution in [2.75, 3.05) is 11.9 Å². The van der Waals surface area contributed by atoms with Gasteiger partial charge in [0.1, 0.15) is 24.5 Å². The molecule has 0 aliphatic heterocycles. The molecule has 3 rings (SSSR count). The first kappa shape index (κ1) is 24.9. The Bertz CT molecular complexity index is 1180. The van der Waals surface area contributed by atoms with Crippen LogP contribution < -0.4 is 20.2 Å². The van der Waals surface area contributed by atoms with Gasteiger partial charge in [-0.25, -0.2) is 5.43 Å². The predicted molar refractivity (Wildman–Crippen MR) is 130 cm³/mol. The first-order valence-electron chi connectivity index (χ1n) is 10.7. The van der Waals surface area contributed by atoms with Crippen molar-refractivity contribution in [1.82, 2.24) is 5.43 Å². The molecule has 180 valence electrons. The third-order valence-corrected chi connectivity index (χ3v) is 4.61. The molecule has 0 radical (unpaired) electrons. The lowest BCUT2D eigenvalue weighted by Gasteiger charge is -2.07. The number of hydrazone groups is 1. The van der Waals surface area contributed by atoms with Gasteiger partial charge in [0.05, 0.1) is 17.7 Å². The zero-order valence-corrected chi connectivity index (χ0v) is 19.0. The summed E-state index contributed by atoms with van der Waals surface area (Å²) in [5.74, 6) is 0.293. The zero-order chi connectivity index (χ0) is 25.0. The highest BCUT2D eigenvalue weighted by molar-refractivity contribution is 6.03. The van der Waals surface area contributed by atoms with Gasteiger partial charge in [-0.3, -0.25) is 19.7 Å². The molecule has 0 aliphatic carbocycles. The van der Waals surface area contributed by atoms with Crippen molar-refractivity contribution in [3.05, 3.63) is 94.0 Å². The molecule has 0 unspecified atom stereocenters. The highest BCUT2D eigenvalue weighted by atomic mass is 16.6. The Kier molecular flexibility index (Phi) is 8.89. The van der Waals surface area contributed by atoms with Gasteiger partial charge < -0.3 is 14.8 Å². The van der Waals surface area contributed by atoms with Crippen molar-refractivity contribution < 1.29 is 24.0 Å². The van der Waals surface area contributed by atoms with E-state index < -0.39 is 16.7 Å². The van der Waals surface area contributed by atoms with Crippen LogP contribution >= 0.6 is 0 Å². The fourth-order valence-corrected chi connectivity index (χ4v) is 2.90. The summed E-state index contributed by atoms with van der Waals surface area (Å²) in [6, 6.07) is 19.9. The smallest absolute Gasteiger partial charge is 0.269 e. The third kappa shape index (κ3) is 8.28. The lowest BCUT2D eigenvalue weighted by Crippen LogP contribution is -2.24. The number of non-ortho nitro benzene ring substituents is 1. The Morgan fingerprint density at radius 1 is 0.914 bits per heavy atom. The summed E-state index contributed by atoms with van der Waals surface area (Å²) in [4.78, 5) is 34.2. The second kappa shape index (κ2) is 12.5. The van der Waals surface area contributed by atoms with Crippen molar-refractivity contribution in [2.45, 2.75) is 20.0 Å². The Balaban J connectivity index is 1.40. The van der Waals surface area contributed by atoms with Crippen LogP contribution in [0.2, 0.25) is 0 Å². The second-order valence-electron chi connectivity index (χ2n) is 7.26. The quantitative estimate of drug-likeness (QED) is 0.186. The number of anilines is 1. The average Bonchev–Trinajstić information content (AvgIpc) is 2.85. The van der Waals surface area contributed by atoms with Crippen LogP contribution in [0.1, 0.15) is 24.5 Å². The van der Waals surface area contributed by atoms with E-state index in [9.17, 15) is 19.7 Å². The van der Waals surface area contributed by atoms with Gasteiger partial charge in [-0.1, -0.05) is 0 Å². The maximum absolute atomic E-state index is 12.0. The molecule has 0 saturated heterocycles. The third-order valence-electron chi connectivity index (χ3n) is 4.61. The van der Waals surface area contributed by atoms with Crippen LogP contribution in [0.3, 0.4) is 0 Å². The fourth-order valence-electron chi connectivity index (χ4n) is 2.90. The standard InChI is InChI=1S/C25H24N4O6/c1-2-34-22-13-7-20(8-14-22)27-24(30)15-25(31)28-26-16-18-5-11-23(12-6-18)35-17-19-3-9-21(10-4-19)29(32)33/h3-14,16H,2,15,17H2,1H3,(H,27,30)(H,28,31). The van der Waals surface area contributed by atoms with Crippen molar-refractivity contribution in [3.8, 4) is 11.5 Å². The van der Waals surface area contributed by atoms with E-state index in [2.05, 4.69) is 15.8 Å². The normalized spacial score (nSPS) is 10.5. The minimum atomic E-state index is -0.548. The molecule has 3 aromatic rings. The van der Waals surface area contributed by atoms with E-state index in [1.54, 1.807) is 60.7 Å². The van der Waals surface area contributed by atoms with Crippen LogP contribution in [-0.2, 0) is 16.2 Å². The zero-order valence-electron chi connectivity index (χ0n) is 19.0. The van der Waals surface area contributed by atoms with Crippen LogP contribution in [0.5, 0.6) is 11.5 Å². The molecule has 0 atom stereocenters. The lowest BCUT2D eigenvalue weighted by molar-refractivity contribution is -0.384. The summed E-state index contributed by atoms with van der Waals surface area (Å²) >= 11 is 0. The number of nitrogens with one attached hydrogen (secondary N) is 2. The van der Waals surface area contributed by atoms with Crippen LogP contribution in [0.4, 0.5) is 11.4 Å². The van der Waals surface area contributed by atoms with Gasteiger partial charge in [-0.15, -0.1) is 0 Å². The predicted octanol–water partition coefficient (Wildman–Crippen LogP) is 4.05. The summed E-state index contributed by atoms with van der Waals surface area (Å²) in [7, 11) is 0. The van der Waals surface area contributed by atoms with Gasteiger partial charge in [0, 0.05) is 17.8 Å². The van der Waals surface area contributed by atoms with E-state index in [0.717, 1.165) is 5.56 Å². The Labute approximate surface area is 201 Å². The number of hydrogen-bond donors (Lipinski definition) is 2. The van der Waals surface area contributed by atoms with Gasteiger partial charge in [-0.05, 0) is 78.7 Å². The van der Waals surface area contributed by atoms with E-state index in [0.29, 0.717) is 29.4 Å². The van der Waals surface area contributed by atoms with Gasteiger partial charge in [0.2, 0.25) is 11.8 Å². The van der Waals surface area contributed by atoms with Crippen molar-refractivity contribution >= 4 is 29.4 Å². The molecular weight excluding hydrogens is 452 g/mol. The highest BCUT2D eigenvalue weighted by Gasteiger charge is 2.09. The first-order chi connectivity index (χ1) is 16.9. The summed E-state index contributed by atoms with van der Waals surface area (Å²) in [6.45, 7) is 2.70. The number of ether oxygens (including phenoxy) is 2. The molecule has 0 heterocycles. The number of nitro benzene ring substituents is 1. The molecular formula is C25H24N4O6. The minimum absolute atomic E-state index is 0.0257. The minimum Gasteiger partial charge on any atom is -0.494 e. The molecule has 35 heavy (non-hydrogen) atoms. The number of nitrogens with zero attached hydrogens (tertiary/aromatic N) is 2. The van der Waals surface area contributed by atoms with Gasteiger partial charge in [0.15, 0.2) is 0 Å². The summed E-state index contributed by atoms with van der Waals surface area (Å²) < 4.78 is 11.0. The van der Waals surface area contributed by atoms with E-state index in [4.69, 9.17) is 9.47 Å². The molecule has 0 saturated carbocycles. The molecule has 0 spiro atoms. The average molecular weight is 476 g/mol. The Morgan fingerprint density at radius 2 is 1.54 bits per heavy atom. The van der Waals surface area contributed by atoms with E-state index >= 15 is 0 Å². The number of carbonyl (C=O) groups excluding carboxylic acids is 2. The van der Waals surface area contributed by atoms with Crippen molar-refractivity contribution in [2.24, 2.45) is 5.10 Å². The maximum Gasteiger partial charge on any atom is 0.269 e. The van der Waals surface area contributed by atoms with Crippen LogP contribution in [0.15, 0.2) is 77.9 Å². The molecule has 2 N–H and O–H groups in total. The highest BCUT2D eigenvalue weighted by Crippen LogP contribution is 2.17. The lowest BCUT2D eigenvalue weighted by atomic mass is 10.2.